The molecule has 26 heavy (non-hydrogen) atoms. The SMILES string of the molecule is O=C(O)CCc1cccc(NC(=O)c2cccc(N3CCCC3=O)c2)c1. The van der Waals surface area contributed by atoms with Crippen molar-refractivity contribution in [2.45, 2.75) is 25.7 Å². The van der Waals surface area contributed by atoms with Gasteiger partial charge in [0.05, 0.1) is 0 Å². The van der Waals surface area contributed by atoms with Crippen LogP contribution in [0.4, 0.5) is 11.4 Å². The predicted octanol–water partition coefficient (Wildman–Crippen LogP) is 3.08. The average Bonchev–Trinajstić information content (AvgIpc) is 3.06. The third-order valence-corrected chi connectivity index (χ3v) is 4.31. The van der Waals surface area contributed by atoms with E-state index in [1.807, 2.05) is 12.1 Å². The zero-order chi connectivity index (χ0) is 18.5. The number of carbonyl (C=O) groups excluding carboxylic acids is 2. The fraction of sp³-hybridized carbons (Fsp3) is 0.250. The minimum atomic E-state index is -0.854. The third-order valence-electron chi connectivity index (χ3n) is 4.31. The Hall–Kier alpha value is -3.15. The molecule has 0 spiro atoms. The molecule has 0 aromatic heterocycles. The van der Waals surface area contributed by atoms with Crippen LogP contribution in [0.1, 0.15) is 35.2 Å². The van der Waals surface area contributed by atoms with Crippen LogP contribution in [0.5, 0.6) is 0 Å². The molecule has 1 saturated heterocycles. The van der Waals surface area contributed by atoms with Crippen molar-refractivity contribution >= 4 is 29.2 Å². The molecule has 2 aromatic rings. The maximum atomic E-state index is 12.5. The summed E-state index contributed by atoms with van der Waals surface area (Å²) in [4.78, 5) is 36.8. The number of carboxylic acids is 1. The molecule has 0 bridgehead atoms. The molecule has 0 atom stereocenters. The van der Waals surface area contributed by atoms with Gasteiger partial charge in [0.2, 0.25) is 5.91 Å². The van der Waals surface area contributed by atoms with Gasteiger partial charge < -0.3 is 15.3 Å². The van der Waals surface area contributed by atoms with Gasteiger partial charge in [0.15, 0.2) is 0 Å². The van der Waals surface area contributed by atoms with Crippen LogP contribution in [0.15, 0.2) is 48.5 Å². The summed E-state index contributed by atoms with van der Waals surface area (Å²) in [6, 6.07) is 14.2. The third kappa shape index (κ3) is 4.27. The number of nitrogens with one attached hydrogen (secondary N) is 1. The van der Waals surface area contributed by atoms with E-state index in [1.54, 1.807) is 41.3 Å². The van der Waals surface area contributed by atoms with E-state index in [0.717, 1.165) is 17.7 Å². The Labute approximate surface area is 151 Å². The number of nitrogens with zero attached hydrogens (tertiary/aromatic N) is 1. The zero-order valence-corrected chi connectivity index (χ0v) is 14.3. The first-order chi connectivity index (χ1) is 12.5. The second-order valence-corrected chi connectivity index (χ2v) is 6.25. The lowest BCUT2D eigenvalue weighted by Gasteiger charge is -2.16. The molecule has 1 fully saturated rings. The largest absolute Gasteiger partial charge is 0.481 e. The molecule has 134 valence electrons. The maximum absolute atomic E-state index is 12.5. The first-order valence-electron chi connectivity index (χ1n) is 8.55. The molecule has 6 nitrogen and oxygen atoms in total. The summed E-state index contributed by atoms with van der Waals surface area (Å²) in [5.74, 6) is -1.05. The summed E-state index contributed by atoms with van der Waals surface area (Å²) in [5, 5.41) is 11.6. The molecule has 6 heteroatoms. The van der Waals surface area contributed by atoms with E-state index in [1.165, 1.54) is 0 Å². The van der Waals surface area contributed by atoms with Gasteiger partial charge in [0, 0.05) is 36.3 Å². The number of benzene rings is 2. The topological polar surface area (TPSA) is 86.7 Å². The van der Waals surface area contributed by atoms with Crippen molar-refractivity contribution < 1.29 is 19.5 Å². The Balaban J connectivity index is 1.71. The minimum absolute atomic E-state index is 0.0449. The molecular weight excluding hydrogens is 332 g/mol. The number of amides is 2. The molecule has 1 aliphatic rings. The monoisotopic (exact) mass is 352 g/mol. The van der Waals surface area contributed by atoms with Gasteiger partial charge in [0.25, 0.3) is 5.91 Å². The lowest BCUT2D eigenvalue weighted by molar-refractivity contribution is -0.137. The van der Waals surface area contributed by atoms with Crippen molar-refractivity contribution in [3.05, 3.63) is 59.7 Å². The van der Waals surface area contributed by atoms with Crippen LogP contribution in [0.2, 0.25) is 0 Å². The quantitative estimate of drug-likeness (QED) is 0.836. The summed E-state index contributed by atoms with van der Waals surface area (Å²) in [6.07, 6.45) is 1.83. The predicted molar refractivity (Wildman–Crippen MR) is 98.4 cm³/mol. The van der Waals surface area contributed by atoms with Crippen LogP contribution < -0.4 is 10.2 Å². The van der Waals surface area contributed by atoms with Crippen LogP contribution in [0, 0.1) is 0 Å². The lowest BCUT2D eigenvalue weighted by atomic mass is 10.1. The molecule has 0 unspecified atom stereocenters. The number of hydrogen-bond acceptors (Lipinski definition) is 3. The number of aryl methyl sites for hydroxylation is 1. The van der Waals surface area contributed by atoms with E-state index < -0.39 is 5.97 Å². The van der Waals surface area contributed by atoms with Crippen molar-refractivity contribution in [2.24, 2.45) is 0 Å². The second kappa shape index (κ2) is 7.82. The van der Waals surface area contributed by atoms with Crippen LogP contribution in [-0.4, -0.2) is 29.4 Å². The molecular formula is C20H20N2O4. The average molecular weight is 352 g/mol. The molecule has 2 aromatic carbocycles. The van der Waals surface area contributed by atoms with E-state index in [0.29, 0.717) is 30.6 Å². The molecule has 0 saturated carbocycles. The van der Waals surface area contributed by atoms with E-state index in [-0.39, 0.29) is 18.2 Å². The highest BCUT2D eigenvalue weighted by atomic mass is 16.4. The van der Waals surface area contributed by atoms with Gasteiger partial charge in [-0.25, -0.2) is 0 Å². The Morgan fingerprint density at radius 2 is 1.92 bits per heavy atom. The van der Waals surface area contributed by atoms with Crippen molar-refractivity contribution in [3.63, 3.8) is 0 Å². The molecule has 1 heterocycles. The van der Waals surface area contributed by atoms with Crippen LogP contribution >= 0.6 is 0 Å². The van der Waals surface area contributed by atoms with Gasteiger partial charge in [-0.15, -0.1) is 0 Å². The summed E-state index contributed by atoms with van der Waals surface area (Å²) in [6.45, 7) is 0.676. The summed E-state index contributed by atoms with van der Waals surface area (Å²) < 4.78 is 0. The summed E-state index contributed by atoms with van der Waals surface area (Å²) >= 11 is 0. The number of anilines is 2. The van der Waals surface area contributed by atoms with Crippen LogP contribution in [0.25, 0.3) is 0 Å². The van der Waals surface area contributed by atoms with E-state index in [4.69, 9.17) is 5.11 Å². The van der Waals surface area contributed by atoms with Gasteiger partial charge in [-0.3, -0.25) is 14.4 Å². The molecule has 3 rings (SSSR count). The fourth-order valence-electron chi connectivity index (χ4n) is 3.00. The zero-order valence-electron chi connectivity index (χ0n) is 14.3. The van der Waals surface area contributed by atoms with Gasteiger partial charge in [0.1, 0.15) is 0 Å². The molecule has 1 aliphatic heterocycles. The van der Waals surface area contributed by atoms with Crippen molar-refractivity contribution in [2.75, 3.05) is 16.8 Å². The summed E-state index contributed by atoms with van der Waals surface area (Å²) in [5.41, 5.74) is 2.66. The Morgan fingerprint density at radius 3 is 2.65 bits per heavy atom. The van der Waals surface area contributed by atoms with Gasteiger partial charge in [-0.2, -0.15) is 0 Å². The fourth-order valence-corrected chi connectivity index (χ4v) is 3.00. The number of hydrogen-bond donors (Lipinski definition) is 2. The highest BCUT2D eigenvalue weighted by Gasteiger charge is 2.22. The summed E-state index contributed by atoms with van der Waals surface area (Å²) in [7, 11) is 0. The first kappa shape index (κ1) is 17.7. The van der Waals surface area contributed by atoms with Crippen molar-refractivity contribution in [1.29, 1.82) is 0 Å². The Bertz CT molecular complexity index is 847. The minimum Gasteiger partial charge on any atom is -0.481 e. The Kier molecular flexibility index (Phi) is 5.31. The normalized spacial score (nSPS) is 13.7. The molecule has 0 radical (unpaired) electrons. The highest BCUT2D eigenvalue weighted by Crippen LogP contribution is 2.23. The number of carbonyl (C=O) groups is 3. The lowest BCUT2D eigenvalue weighted by Crippen LogP contribution is -2.24. The number of carboxylic acid groups (broad SMARTS) is 1. The number of aliphatic carboxylic acids is 1. The van der Waals surface area contributed by atoms with E-state index >= 15 is 0 Å². The highest BCUT2D eigenvalue weighted by molar-refractivity contribution is 6.05. The van der Waals surface area contributed by atoms with Gasteiger partial charge in [-0.1, -0.05) is 18.2 Å². The van der Waals surface area contributed by atoms with Gasteiger partial charge >= 0.3 is 5.97 Å². The van der Waals surface area contributed by atoms with Crippen molar-refractivity contribution in [3.8, 4) is 0 Å². The number of rotatable bonds is 6. The first-order valence-corrected chi connectivity index (χ1v) is 8.55. The van der Waals surface area contributed by atoms with E-state index in [2.05, 4.69) is 5.32 Å². The Morgan fingerprint density at radius 1 is 1.12 bits per heavy atom. The molecule has 0 aliphatic carbocycles. The van der Waals surface area contributed by atoms with Crippen LogP contribution in [-0.2, 0) is 16.0 Å². The van der Waals surface area contributed by atoms with Crippen LogP contribution in [0.3, 0.4) is 0 Å². The van der Waals surface area contributed by atoms with E-state index in [9.17, 15) is 14.4 Å². The van der Waals surface area contributed by atoms with Gasteiger partial charge in [-0.05, 0) is 48.7 Å². The molecule has 2 N–H and O–H groups in total. The molecule has 2 amide bonds. The standard InChI is InChI=1S/C20H20N2O4/c23-18-8-3-11-22(18)17-7-2-5-15(13-17)20(26)21-16-6-1-4-14(12-16)9-10-19(24)25/h1-2,4-7,12-13H,3,8-11H2,(H,21,26)(H,24,25). The van der Waals surface area contributed by atoms with Crippen molar-refractivity contribution in [1.82, 2.24) is 0 Å². The smallest absolute Gasteiger partial charge is 0.303 e. The maximum Gasteiger partial charge on any atom is 0.303 e. The second-order valence-electron chi connectivity index (χ2n) is 6.25.